The number of fused-ring (bicyclic) bond motifs is 1. The van der Waals surface area contributed by atoms with Crippen molar-refractivity contribution in [1.29, 1.82) is 5.41 Å². The number of primary amides is 1. The lowest BCUT2D eigenvalue weighted by molar-refractivity contribution is -0.144. The van der Waals surface area contributed by atoms with E-state index in [1.54, 1.807) is 50.2 Å². The molecule has 5 aromatic rings. The van der Waals surface area contributed by atoms with Crippen LogP contribution in [0.15, 0.2) is 127 Å². The lowest BCUT2D eigenvalue weighted by Crippen LogP contribution is -2.62. The van der Waals surface area contributed by atoms with E-state index in [-0.39, 0.29) is 139 Å². The first kappa shape index (κ1) is 92.8. The Balaban J connectivity index is 1.06. The predicted octanol–water partition coefficient (Wildman–Crippen LogP) is -0.921. The zero-order valence-corrected chi connectivity index (χ0v) is 67.8. The van der Waals surface area contributed by atoms with Gasteiger partial charge in [0.15, 0.2) is 5.96 Å². The summed E-state index contributed by atoms with van der Waals surface area (Å²) in [5, 5.41) is 88.4. The Morgan fingerprint density at radius 1 is 0.622 bits per heavy atom. The molecule has 1 aliphatic carbocycles. The van der Waals surface area contributed by atoms with Gasteiger partial charge in [-0.05, 0) is 146 Å². The van der Waals surface area contributed by atoms with Gasteiger partial charge < -0.3 is 105 Å². The lowest BCUT2D eigenvalue weighted by atomic mass is 9.92. The monoisotopic (exact) mass is 1670 g/mol. The van der Waals surface area contributed by atoms with Gasteiger partial charge in [0, 0.05) is 94.7 Å². The Morgan fingerprint density at radius 2 is 1.23 bits per heavy atom. The van der Waals surface area contributed by atoms with Gasteiger partial charge in [-0.25, -0.2) is 0 Å². The van der Waals surface area contributed by atoms with Crippen molar-refractivity contribution in [1.82, 2.24) is 72.9 Å². The van der Waals surface area contributed by atoms with Crippen LogP contribution in [-0.2, 0) is 88.0 Å². The second kappa shape index (κ2) is 45.3. The molecule has 13 atom stereocenters. The number of guanidine groups is 1. The number of aliphatic hydroxyl groups excluding tert-OH is 4. The molecule has 4 aromatic carbocycles. The standard InChI is InChI=1S/C83H110ClN17O18/c1-47(2)36-60(75(112)94-59(18-12-33-90-83(86)87)82(119)101-35-13-19-64(101)78(115)92-48(3)72(85)109)95-74(111)58(17-7-9-32-89-69(106)45-91-73(110)55-42-67(104)71(108)68(105)43-55)93-79(116)65(40-50-24-29-57(103)30-25-50)99(4)81(118)63(46-102)98-77(114)62(39-52-14-11-31-88-44-52)96-76(113)61(38-49-22-27-56(84)28-23-49)97-80(117)66(100-34-10-8-20-70(100)107)41-51-21-26-53-15-5-6-16-54(53)37-51/h5-6,11,14-16,21-31,37,42,44,47-48,58-68,71,102-105,108H,7-10,12-13,17-20,32-36,38-41,43,45-46H2,1-4H3,(H2,85,109)(H,89,106)(H,91,110)(H,92,115)(H,93,116)(H,94,112)(H,95,111)(H,96,113)(H,97,117)(H,98,114)(H4,86,87,90). The highest BCUT2D eigenvalue weighted by Gasteiger charge is 2.42. The van der Waals surface area contributed by atoms with Crippen molar-refractivity contribution in [3.05, 3.63) is 154 Å². The van der Waals surface area contributed by atoms with Crippen molar-refractivity contribution >= 4 is 105 Å². The highest BCUT2D eigenvalue weighted by Crippen LogP contribution is 2.26. The van der Waals surface area contributed by atoms with Gasteiger partial charge in [-0.1, -0.05) is 98.2 Å². The van der Waals surface area contributed by atoms with Gasteiger partial charge in [0.2, 0.25) is 76.8 Å². The van der Waals surface area contributed by atoms with Crippen molar-refractivity contribution < 1.29 is 87.9 Å². The predicted molar refractivity (Wildman–Crippen MR) is 438 cm³/mol. The summed E-state index contributed by atoms with van der Waals surface area (Å²) >= 11 is 6.31. The normalized spacial score (nSPS) is 18.2. The highest BCUT2D eigenvalue weighted by atomic mass is 35.5. The molecule has 1 aromatic heterocycles. The number of aromatic hydroxyl groups is 1. The first-order chi connectivity index (χ1) is 56.8. The van der Waals surface area contributed by atoms with Crippen molar-refractivity contribution in [2.75, 3.05) is 46.4 Å². The van der Waals surface area contributed by atoms with Crippen LogP contribution in [0.3, 0.4) is 0 Å². The van der Waals surface area contributed by atoms with E-state index in [0.29, 0.717) is 41.0 Å². The number of likely N-dealkylation sites (tertiary alicyclic amines) is 2. The third-order valence-corrected chi connectivity index (χ3v) is 21.3. The lowest BCUT2D eigenvalue weighted by Gasteiger charge is -2.35. The average Bonchev–Trinajstić information content (AvgIpc) is 1.70. The minimum absolute atomic E-state index is 0.0396. The zero-order chi connectivity index (χ0) is 86.6. The van der Waals surface area contributed by atoms with E-state index >= 15 is 28.8 Å². The molecule has 119 heavy (non-hydrogen) atoms. The molecule has 8 rings (SSSR count). The Morgan fingerprint density at radius 3 is 1.88 bits per heavy atom. The van der Waals surface area contributed by atoms with Gasteiger partial charge in [-0.2, -0.15) is 0 Å². The van der Waals surface area contributed by atoms with Gasteiger partial charge in [-0.3, -0.25) is 72.7 Å². The smallest absolute Gasteiger partial charge is 0.247 e. The number of aliphatic hydroxyl groups is 4. The maximum Gasteiger partial charge on any atom is 0.247 e. The molecule has 2 aliphatic heterocycles. The fourth-order valence-electron chi connectivity index (χ4n) is 14.4. The Hall–Kier alpha value is -11.7. The largest absolute Gasteiger partial charge is 0.508 e. The Kier molecular flexibility index (Phi) is 35.4. The van der Waals surface area contributed by atoms with E-state index in [9.17, 15) is 59.1 Å². The van der Waals surface area contributed by atoms with Gasteiger partial charge in [0.1, 0.15) is 78.4 Å². The van der Waals surface area contributed by atoms with Crippen LogP contribution in [0.4, 0.5) is 0 Å². The molecule has 13 amide bonds. The Labute approximate surface area is 694 Å². The topological polar surface area (TPSA) is 542 Å². The number of carbonyl (C=O) groups is 13. The molecule has 3 aliphatic rings. The quantitative estimate of drug-likeness (QED) is 0.0128. The number of benzene rings is 4. The summed E-state index contributed by atoms with van der Waals surface area (Å²) in [5.41, 5.74) is 13.0. The molecule has 36 heteroatoms. The number of phenolic OH excluding ortho intramolecular Hbond substituents is 1. The number of nitrogens with zero attached hydrogens (tertiary/aromatic N) is 4. The van der Waals surface area contributed by atoms with Gasteiger partial charge in [-0.15, -0.1) is 0 Å². The number of hydrogen-bond donors (Lipinski definition) is 18. The van der Waals surface area contributed by atoms with E-state index in [1.165, 1.54) is 60.4 Å². The summed E-state index contributed by atoms with van der Waals surface area (Å²) < 4.78 is 0. The summed E-state index contributed by atoms with van der Waals surface area (Å²) in [4.78, 5) is 194. The number of aromatic nitrogens is 1. The summed E-state index contributed by atoms with van der Waals surface area (Å²) in [6, 6.07) is 14.5. The highest BCUT2D eigenvalue weighted by molar-refractivity contribution is 6.30. The number of nitrogens with one attached hydrogen (secondary N) is 11. The van der Waals surface area contributed by atoms with Gasteiger partial charge >= 0.3 is 0 Å². The van der Waals surface area contributed by atoms with E-state index in [0.717, 1.165) is 27.3 Å². The second-order valence-electron chi connectivity index (χ2n) is 30.6. The molecule has 642 valence electrons. The van der Waals surface area contributed by atoms with Crippen LogP contribution in [0.25, 0.3) is 10.8 Å². The first-order valence-electron chi connectivity index (χ1n) is 39.9. The summed E-state index contributed by atoms with van der Waals surface area (Å²) in [6.07, 6.45) is 0.456. The molecule has 20 N–H and O–H groups in total. The van der Waals surface area contributed by atoms with Crippen molar-refractivity contribution in [3.8, 4) is 5.75 Å². The fourth-order valence-corrected chi connectivity index (χ4v) is 14.5. The molecular formula is C83H110ClN17O18. The molecule has 0 spiro atoms. The maximum absolute atomic E-state index is 15.4. The van der Waals surface area contributed by atoms with Gasteiger partial charge in [0.05, 0.1) is 19.3 Å². The molecule has 0 saturated carbocycles. The van der Waals surface area contributed by atoms with E-state index < -0.39 is 163 Å². The third kappa shape index (κ3) is 28.0. The number of likely N-dealkylation sites (N-methyl/N-ethyl adjacent to an activating group) is 1. The number of unbranched alkanes of at least 4 members (excludes halogenated alkanes) is 1. The van der Waals surface area contributed by atoms with Crippen molar-refractivity contribution in [2.24, 2.45) is 17.4 Å². The third-order valence-electron chi connectivity index (χ3n) is 21.0. The van der Waals surface area contributed by atoms with Crippen LogP contribution >= 0.6 is 11.6 Å². The van der Waals surface area contributed by atoms with Crippen molar-refractivity contribution in [3.63, 3.8) is 0 Å². The number of amides is 13. The van der Waals surface area contributed by atoms with E-state index in [1.807, 2.05) is 42.5 Å². The number of rotatable bonds is 42. The SMILES string of the molecule is CC(C)CC(NC(=O)C(CCCCNC(=O)CNC(=O)C1=CC(O)C(O)C(O)C1)NC(=O)C(Cc1ccc(O)cc1)N(C)C(=O)C(CO)NC(=O)C(Cc1cccnc1)NC(=O)C(Cc1ccc(Cl)cc1)NC(=O)C(Cc1ccc2ccccc2c1)N1CCCCC1=O)C(=O)NC(CCCNC(=N)N)C(=O)N1CCCC1C(=O)NC(C)C(N)=O. The summed E-state index contributed by atoms with van der Waals surface area (Å²) in [7, 11) is 1.20. The first-order valence-corrected chi connectivity index (χ1v) is 40.3. The van der Waals surface area contributed by atoms with Crippen LogP contribution in [0, 0.1) is 11.3 Å². The van der Waals surface area contributed by atoms with Crippen LogP contribution in [-0.4, -0.2) is 253 Å². The van der Waals surface area contributed by atoms with Crippen LogP contribution in [0.1, 0.15) is 120 Å². The number of piperidine rings is 1. The molecule has 13 unspecified atom stereocenters. The number of carbonyl (C=O) groups excluding carboxylic acids is 13. The van der Waals surface area contributed by atoms with Gasteiger partial charge in [0.25, 0.3) is 0 Å². The molecule has 2 saturated heterocycles. The fraction of sp³-hybridized carbons (Fsp3) is 0.482. The molecular weight excluding hydrogens is 1560 g/mol. The van der Waals surface area contributed by atoms with E-state index in [2.05, 4.69) is 58.2 Å². The van der Waals surface area contributed by atoms with Crippen LogP contribution < -0.4 is 64.6 Å². The number of phenols is 1. The molecule has 0 radical (unpaired) electrons. The molecule has 2 fully saturated rings. The molecule has 0 bridgehead atoms. The van der Waals surface area contributed by atoms with Crippen molar-refractivity contribution in [2.45, 2.75) is 202 Å². The maximum atomic E-state index is 15.4. The second-order valence-corrected chi connectivity index (χ2v) is 31.1. The summed E-state index contributed by atoms with van der Waals surface area (Å²) in [6.45, 7) is 3.61. The minimum Gasteiger partial charge on any atom is -0.508 e. The van der Waals surface area contributed by atoms with E-state index in [4.69, 9.17) is 28.5 Å². The number of nitrogens with two attached hydrogens (primary N) is 2. The molecule has 35 nitrogen and oxygen atoms in total. The Bertz CT molecular complexity index is 4430. The number of halogens is 1. The summed E-state index contributed by atoms with van der Waals surface area (Å²) in [5.74, 6) is -11.2. The van der Waals surface area contributed by atoms with Crippen LogP contribution in [0.5, 0.6) is 5.75 Å². The van der Waals surface area contributed by atoms with Crippen LogP contribution in [0.2, 0.25) is 5.02 Å². The minimum atomic E-state index is -1.88. The average molecular weight is 1670 g/mol. The number of hydrogen-bond acceptors (Lipinski definition) is 20. The zero-order valence-electron chi connectivity index (χ0n) is 67.1. The molecule has 3 heterocycles. The number of pyridine rings is 1.